The molecule has 1 aromatic carbocycles. The average molecular weight is 218 g/mol. The summed E-state index contributed by atoms with van der Waals surface area (Å²) in [5.41, 5.74) is 7.66. The van der Waals surface area contributed by atoms with Gasteiger partial charge in [0.05, 0.1) is 0 Å². The number of nitrogens with two attached hydrogens (primary N) is 1. The van der Waals surface area contributed by atoms with Crippen LogP contribution in [0.25, 0.3) is 0 Å². The number of fused-ring (bicyclic) bond motifs is 2. The largest absolute Gasteiger partial charge is 0.383 e. The molecule has 3 rings (SSSR count). The lowest BCUT2D eigenvalue weighted by molar-refractivity contribution is -0.511. The van der Waals surface area contributed by atoms with Gasteiger partial charge in [-0.2, -0.15) is 0 Å². The third-order valence-electron chi connectivity index (χ3n) is 3.16. The van der Waals surface area contributed by atoms with Gasteiger partial charge in [0.2, 0.25) is 0 Å². The first kappa shape index (κ1) is 9.81. The van der Waals surface area contributed by atoms with Gasteiger partial charge in [0, 0.05) is 11.1 Å². The molecule has 0 unspecified atom stereocenters. The lowest BCUT2D eigenvalue weighted by Crippen LogP contribution is -2.57. The molecule has 4 heteroatoms. The van der Waals surface area contributed by atoms with E-state index in [4.69, 9.17) is 15.2 Å². The Morgan fingerprint density at radius 2 is 2.00 bits per heavy atom. The van der Waals surface area contributed by atoms with E-state index >= 15 is 0 Å². The summed E-state index contributed by atoms with van der Waals surface area (Å²) in [6.45, 7) is 3.92. The van der Waals surface area contributed by atoms with Gasteiger partial charge in [-0.1, -0.05) is 31.2 Å². The van der Waals surface area contributed by atoms with Crippen molar-refractivity contribution < 1.29 is 9.47 Å². The molecule has 1 fully saturated rings. The Labute approximate surface area is 94.1 Å². The van der Waals surface area contributed by atoms with E-state index in [2.05, 4.69) is 4.99 Å². The fraction of sp³-hybridized carbons (Fsp3) is 0.417. The molecule has 0 radical (unpaired) electrons. The number of aliphatic imine (C=N–C) groups is 1. The van der Waals surface area contributed by atoms with Gasteiger partial charge >= 0.3 is 5.91 Å². The topological polar surface area (TPSA) is 56.8 Å². The molecule has 16 heavy (non-hydrogen) atoms. The van der Waals surface area contributed by atoms with Crippen LogP contribution in [0.4, 0.5) is 0 Å². The summed E-state index contributed by atoms with van der Waals surface area (Å²) in [4.78, 5) is 4.29. The van der Waals surface area contributed by atoms with Crippen molar-refractivity contribution in [2.75, 3.05) is 0 Å². The predicted octanol–water partition coefficient (Wildman–Crippen LogP) is 1.69. The Balaban J connectivity index is 2.02. The first-order valence-electron chi connectivity index (χ1n) is 5.44. The second kappa shape index (κ2) is 2.84. The first-order chi connectivity index (χ1) is 7.59. The summed E-state index contributed by atoms with van der Waals surface area (Å²) in [5.74, 6) is -1.04. The smallest absolute Gasteiger partial charge is 0.305 e. The molecule has 1 saturated heterocycles. The minimum atomic E-state index is -0.981. The van der Waals surface area contributed by atoms with Crippen molar-refractivity contribution in [3.8, 4) is 0 Å². The highest BCUT2D eigenvalue weighted by Crippen LogP contribution is 2.51. The van der Waals surface area contributed by atoms with Crippen molar-refractivity contribution in [2.24, 2.45) is 10.7 Å². The number of hydrogen-bond donors (Lipinski definition) is 1. The molecule has 0 aliphatic carbocycles. The van der Waals surface area contributed by atoms with E-state index in [-0.39, 0.29) is 0 Å². The van der Waals surface area contributed by atoms with E-state index in [1.807, 2.05) is 38.1 Å². The van der Waals surface area contributed by atoms with Crippen LogP contribution in [0.3, 0.4) is 0 Å². The van der Waals surface area contributed by atoms with Crippen LogP contribution in [0.2, 0.25) is 0 Å². The van der Waals surface area contributed by atoms with Crippen molar-refractivity contribution in [3.63, 3.8) is 0 Å². The molecule has 1 spiro atoms. The van der Waals surface area contributed by atoms with Gasteiger partial charge in [0.25, 0.3) is 0 Å². The van der Waals surface area contributed by atoms with Crippen molar-refractivity contribution in [2.45, 2.75) is 32.0 Å². The zero-order chi connectivity index (χ0) is 11.4. The molecule has 0 atom stereocenters. The van der Waals surface area contributed by atoms with Crippen LogP contribution in [0, 0.1) is 0 Å². The van der Waals surface area contributed by atoms with Crippen molar-refractivity contribution in [1.29, 1.82) is 0 Å². The van der Waals surface area contributed by atoms with E-state index < -0.39 is 11.7 Å². The molecule has 4 nitrogen and oxygen atoms in total. The molecule has 2 aliphatic rings. The maximum Gasteiger partial charge on any atom is 0.305 e. The second-order valence-electron chi connectivity index (χ2n) is 4.32. The van der Waals surface area contributed by atoms with Crippen LogP contribution in [0.15, 0.2) is 29.3 Å². The Morgan fingerprint density at radius 3 is 2.69 bits per heavy atom. The molecule has 2 heterocycles. The van der Waals surface area contributed by atoms with Gasteiger partial charge in [-0.3, -0.25) is 9.47 Å². The van der Waals surface area contributed by atoms with Crippen molar-refractivity contribution >= 4 is 5.84 Å². The summed E-state index contributed by atoms with van der Waals surface area (Å²) in [5, 5.41) is 0. The third kappa shape index (κ3) is 1.08. The third-order valence-corrected chi connectivity index (χ3v) is 3.16. The Kier molecular flexibility index (Phi) is 1.74. The van der Waals surface area contributed by atoms with Crippen LogP contribution >= 0.6 is 0 Å². The van der Waals surface area contributed by atoms with Crippen LogP contribution < -0.4 is 5.73 Å². The van der Waals surface area contributed by atoms with Crippen LogP contribution in [0.5, 0.6) is 0 Å². The summed E-state index contributed by atoms with van der Waals surface area (Å²) >= 11 is 0. The van der Waals surface area contributed by atoms with E-state index in [0.717, 1.165) is 17.5 Å². The van der Waals surface area contributed by atoms with E-state index in [1.54, 1.807) is 0 Å². The van der Waals surface area contributed by atoms with Gasteiger partial charge in [-0.25, -0.2) is 4.99 Å². The van der Waals surface area contributed by atoms with Gasteiger partial charge in [-0.15, -0.1) is 0 Å². The highest BCUT2D eigenvalue weighted by molar-refractivity contribution is 6.01. The molecular formula is C12H14N2O2. The molecule has 0 saturated carbocycles. The van der Waals surface area contributed by atoms with Crippen LogP contribution in [-0.4, -0.2) is 11.6 Å². The number of benzene rings is 1. The van der Waals surface area contributed by atoms with E-state index in [1.165, 1.54) is 0 Å². The predicted molar refractivity (Wildman–Crippen MR) is 59.7 cm³/mol. The van der Waals surface area contributed by atoms with Gasteiger partial charge in [0.15, 0.2) is 5.79 Å². The summed E-state index contributed by atoms with van der Waals surface area (Å²) in [6, 6.07) is 7.73. The molecule has 2 aliphatic heterocycles. The molecular weight excluding hydrogens is 204 g/mol. The summed E-state index contributed by atoms with van der Waals surface area (Å²) in [7, 11) is 0. The highest BCUT2D eigenvalue weighted by atomic mass is 16.9. The van der Waals surface area contributed by atoms with Crippen molar-refractivity contribution in [1.82, 2.24) is 0 Å². The molecule has 2 N–H and O–H groups in total. The monoisotopic (exact) mass is 218 g/mol. The maximum atomic E-state index is 5.85. The number of nitrogens with zero attached hydrogens (tertiary/aromatic N) is 1. The summed E-state index contributed by atoms with van der Waals surface area (Å²) in [6.07, 6.45) is 0.784. The maximum absolute atomic E-state index is 5.85. The molecule has 0 aromatic heterocycles. The standard InChI is InChI=1S/C12H14N2O2/c1-3-11(2)15-12(16-11)9-7-5-4-6-8(9)10(13)14-12/h4-7H,3H2,1-2H3,(H2,13,14). The minimum Gasteiger partial charge on any atom is -0.383 e. The van der Waals surface area contributed by atoms with Crippen LogP contribution in [0.1, 0.15) is 31.4 Å². The first-order valence-corrected chi connectivity index (χ1v) is 5.44. The quantitative estimate of drug-likeness (QED) is 0.780. The Bertz CT molecular complexity index is 476. The molecule has 1 aromatic rings. The van der Waals surface area contributed by atoms with E-state index in [9.17, 15) is 0 Å². The minimum absolute atomic E-state index is 0.480. The van der Waals surface area contributed by atoms with Crippen molar-refractivity contribution in [3.05, 3.63) is 35.4 Å². The highest BCUT2D eigenvalue weighted by Gasteiger charge is 2.58. The number of ether oxygens (including phenoxy) is 2. The SMILES string of the molecule is CCC1(C)OC2(N=C(N)c3ccccc32)O1. The molecule has 0 amide bonds. The fourth-order valence-corrected chi connectivity index (χ4v) is 2.15. The average Bonchev–Trinajstić information content (AvgIpc) is 2.53. The van der Waals surface area contributed by atoms with Gasteiger partial charge < -0.3 is 5.73 Å². The van der Waals surface area contributed by atoms with Crippen LogP contribution in [-0.2, 0) is 15.4 Å². The number of hydrogen-bond acceptors (Lipinski definition) is 4. The van der Waals surface area contributed by atoms with Gasteiger partial charge in [-0.05, 0) is 13.3 Å². The number of rotatable bonds is 1. The van der Waals surface area contributed by atoms with Gasteiger partial charge in [0.1, 0.15) is 5.84 Å². The second-order valence-corrected chi connectivity index (χ2v) is 4.32. The Hall–Kier alpha value is -1.39. The Morgan fingerprint density at radius 1 is 1.31 bits per heavy atom. The summed E-state index contributed by atoms with van der Waals surface area (Å²) < 4.78 is 11.7. The van der Waals surface area contributed by atoms with E-state index in [0.29, 0.717) is 5.84 Å². The fourth-order valence-electron chi connectivity index (χ4n) is 2.15. The number of amidine groups is 1. The normalized spacial score (nSPS) is 35.8. The lowest BCUT2D eigenvalue weighted by Gasteiger charge is -2.50. The molecule has 84 valence electrons. The molecule has 0 bridgehead atoms. The zero-order valence-electron chi connectivity index (χ0n) is 9.36. The zero-order valence-corrected chi connectivity index (χ0v) is 9.36. The lowest BCUT2D eigenvalue weighted by atomic mass is 10.0.